The molecule has 0 spiro atoms. The number of para-hydroxylation sites is 1. The Bertz CT molecular complexity index is 520. The summed E-state index contributed by atoms with van der Waals surface area (Å²) in [7, 11) is 0. The average molecular weight is 302 g/mol. The molecule has 0 aliphatic heterocycles. The Balaban J connectivity index is 1.86. The van der Waals surface area contributed by atoms with Gasteiger partial charge in [-0.2, -0.15) is 0 Å². The zero-order valence-electron chi connectivity index (χ0n) is 10.1. The molecule has 3 rings (SSSR count). The molecule has 18 heavy (non-hydrogen) atoms. The minimum Gasteiger partial charge on any atom is -0.377 e. The highest BCUT2D eigenvalue weighted by Crippen LogP contribution is 2.43. The summed E-state index contributed by atoms with van der Waals surface area (Å²) in [4.78, 5) is 0. The number of anilines is 1. The number of hydrogen-bond acceptors (Lipinski definition) is 1. The lowest BCUT2D eigenvalue weighted by molar-refractivity contribution is 0.678. The smallest absolute Gasteiger partial charge is 0.0542 e. The summed E-state index contributed by atoms with van der Waals surface area (Å²) in [5.74, 6) is 0.777. The molecule has 1 unspecified atom stereocenters. The van der Waals surface area contributed by atoms with Gasteiger partial charge in [-0.05, 0) is 52.4 Å². The highest BCUT2D eigenvalue weighted by Gasteiger charge is 2.32. The van der Waals surface area contributed by atoms with E-state index in [1.54, 1.807) is 0 Å². The molecule has 1 nitrogen and oxygen atoms in total. The van der Waals surface area contributed by atoms with Crippen LogP contribution in [0.25, 0.3) is 0 Å². The predicted molar refractivity (Wildman–Crippen MR) is 79.7 cm³/mol. The van der Waals surface area contributed by atoms with Crippen LogP contribution in [-0.4, -0.2) is 0 Å². The van der Waals surface area contributed by atoms with Crippen molar-refractivity contribution in [3.05, 3.63) is 64.6 Å². The molecule has 92 valence electrons. The lowest BCUT2D eigenvalue weighted by atomic mass is 10.0. The number of benzene rings is 2. The summed E-state index contributed by atoms with van der Waals surface area (Å²) in [6, 6.07) is 19.5. The van der Waals surface area contributed by atoms with Crippen LogP contribution in [-0.2, 0) is 0 Å². The molecule has 0 aromatic heterocycles. The summed E-state index contributed by atoms with van der Waals surface area (Å²) < 4.78 is 1.13. The van der Waals surface area contributed by atoms with Crippen molar-refractivity contribution in [1.29, 1.82) is 0 Å². The van der Waals surface area contributed by atoms with Crippen molar-refractivity contribution in [1.82, 2.24) is 0 Å². The predicted octanol–water partition coefficient (Wildman–Crippen LogP) is 5.01. The molecule has 1 saturated carbocycles. The lowest BCUT2D eigenvalue weighted by Gasteiger charge is -2.21. The van der Waals surface area contributed by atoms with Crippen molar-refractivity contribution in [2.45, 2.75) is 18.9 Å². The van der Waals surface area contributed by atoms with E-state index in [2.05, 4.69) is 69.8 Å². The highest BCUT2D eigenvalue weighted by atomic mass is 79.9. The van der Waals surface area contributed by atoms with Crippen molar-refractivity contribution >= 4 is 21.6 Å². The Labute approximate surface area is 116 Å². The molecule has 0 saturated heterocycles. The van der Waals surface area contributed by atoms with Crippen LogP contribution < -0.4 is 5.32 Å². The number of halogens is 1. The van der Waals surface area contributed by atoms with E-state index >= 15 is 0 Å². The Morgan fingerprint density at radius 1 is 0.944 bits per heavy atom. The van der Waals surface area contributed by atoms with E-state index in [0.717, 1.165) is 10.4 Å². The van der Waals surface area contributed by atoms with Crippen molar-refractivity contribution in [2.75, 3.05) is 5.32 Å². The summed E-state index contributed by atoms with van der Waals surface area (Å²) in [6.07, 6.45) is 2.66. The van der Waals surface area contributed by atoms with E-state index < -0.39 is 0 Å². The average Bonchev–Trinajstić information content (AvgIpc) is 3.23. The molecule has 1 atom stereocenters. The van der Waals surface area contributed by atoms with Gasteiger partial charge in [0.15, 0.2) is 0 Å². The van der Waals surface area contributed by atoms with Crippen LogP contribution in [0.3, 0.4) is 0 Å². The normalized spacial score (nSPS) is 16.3. The minimum atomic E-state index is 0.435. The van der Waals surface area contributed by atoms with Gasteiger partial charge in [-0.3, -0.25) is 0 Å². The molecular weight excluding hydrogens is 286 g/mol. The minimum absolute atomic E-state index is 0.435. The molecule has 0 radical (unpaired) electrons. The first-order chi connectivity index (χ1) is 8.84. The second-order valence-corrected chi connectivity index (χ2v) is 5.70. The molecule has 2 aromatic rings. The van der Waals surface area contributed by atoms with Gasteiger partial charge in [0.25, 0.3) is 0 Å². The van der Waals surface area contributed by atoms with E-state index in [-0.39, 0.29) is 0 Å². The summed E-state index contributed by atoms with van der Waals surface area (Å²) in [6.45, 7) is 0. The Hall–Kier alpha value is -1.28. The van der Waals surface area contributed by atoms with E-state index in [1.807, 2.05) is 6.07 Å². The van der Waals surface area contributed by atoms with Gasteiger partial charge in [-0.25, -0.2) is 0 Å². The van der Waals surface area contributed by atoms with Gasteiger partial charge in [0.05, 0.1) is 6.04 Å². The second kappa shape index (κ2) is 5.15. The van der Waals surface area contributed by atoms with Crippen LogP contribution in [0.4, 0.5) is 5.69 Å². The molecule has 1 N–H and O–H groups in total. The molecule has 2 heteroatoms. The third kappa shape index (κ3) is 2.59. The fraction of sp³-hybridized carbons (Fsp3) is 0.250. The molecule has 0 amide bonds. The fourth-order valence-corrected chi connectivity index (χ4v) is 2.71. The van der Waals surface area contributed by atoms with Crippen LogP contribution in [0.15, 0.2) is 59.1 Å². The first kappa shape index (κ1) is 11.8. The van der Waals surface area contributed by atoms with Crippen LogP contribution >= 0.6 is 15.9 Å². The Morgan fingerprint density at radius 2 is 1.61 bits per heavy atom. The van der Waals surface area contributed by atoms with E-state index in [4.69, 9.17) is 0 Å². The van der Waals surface area contributed by atoms with Crippen LogP contribution in [0.1, 0.15) is 24.4 Å². The highest BCUT2D eigenvalue weighted by molar-refractivity contribution is 9.10. The first-order valence-corrected chi connectivity index (χ1v) is 7.20. The first-order valence-electron chi connectivity index (χ1n) is 6.40. The molecule has 1 aliphatic carbocycles. The van der Waals surface area contributed by atoms with Gasteiger partial charge in [0.2, 0.25) is 0 Å². The van der Waals surface area contributed by atoms with Gasteiger partial charge < -0.3 is 5.32 Å². The van der Waals surface area contributed by atoms with Gasteiger partial charge in [-0.15, -0.1) is 0 Å². The van der Waals surface area contributed by atoms with Crippen LogP contribution in [0.5, 0.6) is 0 Å². The molecule has 1 fully saturated rings. The zero-order chi connectivity index (χ0) is 12.4. The monoisotopic (exact) mass is 301 g/mol. The van der Waals surface area contributed by atoms with E-state index in [1.165, 1.54) is 24.1 Å². The van der Waals surface area contributed by atoms with Crippen molar-refractivity contribution < 1.29 is 0 Å². The van der Waals surface area contributed by atoms with E-state index in [0.29, 0.717) is 6.04 Å². The van der Waals surface area contributed by atoms with Crippen molar-refractivity contribution in [3.63, 3.8) is 0 Å². The lowest BCUT2D eigenvalue weighted by Crippen LogP contribution is -2.13. The molecule has 0 heterocycles. The van der Waals surface area contributed by atoms with Gasteiger partial charge in [0, 0.05) is 10.2 Å². The quantitative estimate of drug-likeness (QED) is 0.837. The summed E-state index contributed by atoms with van der Waals surface area (Å²) in [5, 5.41) is 3.68. The standard InChI is InChI=1S/C16H16BrN/c17-14-8-4-5-9-15(14)18-16(13-10-11-13)12-6-2-1-3-7-12/h1-9,13,16,18H,10-11H2. The Morgan fingerprint density at radius 3 is 2.28 bits per heavy atom. The largest absolute Gasteiger partial charge is 0.377 e. The summed E-state index contributed by atoms with van der Waals surface area (Å²) in [5.41, 5.74) is 2.56. The van der Waals surface area contributed by atoms with Gasteiger partial charge in [0.1, 0.15) is 0 Å². The SMILES string of the molecule is Brc1ccccc1NC(c1ccccc1)C1CC1. The van der Waals surface area contributed by atoms with Gasteiger partial charge in [-0.1, -0.05) is 42.5 Å². The number of nitrogens with one attached hydrogen (secondary N) is 1. The van der Waals surface area contributed by atoms with Crippen molar-refractivity contribution in [3.8, 4) is 0 Å². The van der Waals surface area contributed by atoms with Gasteiger partial charge >= 0.3 is 0 Å². The zero-order valence-corrected chi connectivity index (χ0v) is 11.7. The van der Waals surface area contributed by atoms with Crippen molar-refractivity contribution in [2.24, 2.45) is 5.92 Å². The second-order valence-electron chi connectivity index (χ2n) is 4.85. The van der Waals surface area contributed by atoms with E-state index in [9.17, 15) is 0 Å². The maximum atomic E-state index is 3.68. The van der Waals surface area contributed by atoms with Crippen LogP contribution in [0.2, 0.25) is 0 Å². The topological polar surface area (TPSA) is 12.0 Å². The fourth-order valence-electron chi connectivity index (χ4n) is 2.31. The summed E-state index contributed by atoms with van der Waals surface area (Å²) >= 11 is 3.60. The molecular formula is C16H16BrN. The third-order valence-corrected chi connectivity index (χ3v) is 4.13. The molecule has 1 aliphatic rings. The third-order valence-electron chi connectivity index (χ3n) is 3.44. The maximum Gasteiger partial charge on any atom is 0.0542 e. The molecule has 2 aromatic carbocycles. The number of rotatable bonds is 4. The molecule has 0 bridgehead atoms. The number of hydrogen-bond donors (Lipinski definition) is 1. The maximum absolute atomic E-state index is 3.68. The Kier molecular flexibility index (Phi) is 3.37. The van der Waals surface area contributed by atoms with Crippen LogP contribution in [0, 0.1) is 5.92 Å².